The molecule has 0 aliphatic rings. The lowest BCUT2D eigenvalue weighted by molar-refractivity contribution is -0.143. The summed E-state index contributed by atoms with van der Waals surface area (Å²) < 4.78 is 13.9. The van der Waals surface area contributed by atoms with Crippen LogP contribution in [0, 0.1) is 0 Å². The number of hydrogen-bond acceptors (Lipinski definition) is 4. The van der Waals surface area contributed by atoms with Crippen molar-refractivity contribution in [1.29, 1.82) is 0 Å². The lowest BCUT2D eigenvalue weighted by Crippen LogP contribution is -2.22. The van der Waals surface area contributed by atoms with E-state index in [-0.39, 0.29) is 5.57 Å². The van der Waals surface area contributed by atoms with Crippen LogP contribution in [0.2, 0.25) is 0 Å². The van der Waals surface area contributed by atoms with E-state index in [9.17, 15) is 4.79 Å². The topological polar surface area (TPSA) is 44.8 Å². The van der Waals surface area contributed by atoms with E-state index < -0.39 is 12.3 Å². The number of esters is 1. The third kappa shape index (κ3) is 2.69. The lowest BCUT2D eigenvalue weighted by atomic mass is 10.3. The quantitative estimate of drug-likeness (QED) is 0.338. The molecule has 0 atom stereocenters. The Morgan fingerprint density at radius 3 is 2.00 bits per heavy atom. The van der Waals surface area contributed by atoms with Crippen molar-refractivity contribution in [3.63, 3.8) is 0 Å². The first-order valence-corrected chi connectivity index (χ1v) is 3.00. The van der Waals surface area contributed by atoms with Gasteiger partial charge in [-0.25, -0.2) is 4.79 Å². The van der Waals surface area contributed by atoms with Gasteiger partial charge in [0.05, 0.1) is 12.7 Å². The molecule has 0 rings (SSSR count). The molecule has 0 spiro atoms. The highest BCUT2D eigenvalue weighted by Gasteiger charge is 2.17. The number of carbonyl (C=O) groups is 1. The van der Waals surface area contributed by atoms with Gasteiger partial charge in [0.25, 0.3) is 0 Å². The second-order valence-corrected chi connectivity index (χ2v) is 1.82. The molecule has 0 heterocycles. The Morgan fingerprint density at radius 2 is 1.73 bits per heavy atom. The van der Waals surface area contributed by atoms with Crippen LogP contribution in [0.4, 0.5) is 0 Å². The Morgan fingerprint density at radius 1 is 1.27 bits per heavy atom. The third-order valence-electron chi connectivity index (χ3n) is 1.16. The van der Waals surface area contributed by atoms with Crippen molar-refractivity contribution in [3.05, 3.63) is 12.2 Å². The fourth-order valence-electron chi connectivity index (χ4n) is 0.608. The zero-order valence-electron chi connectivity index (χ0n) is 6.92. The first-order chi connectivity index (χ1) is 5.17. The normalized spacial score (nSPS) is 9.82. The summed E-state index contributed by atoms with van der Waals surface area (Å²) in [6, 6.07) is 0. The number of carbonyl (C=O) groups excluding carboxylic acids is 1. The minimum absolute atomic E-state index is 0.150. The Kier molecular flexibility index (Phi) is 4.49. The maximum atomic E-state index is 10.8. The van der Waals surface area contributed by atoms with E-state index in [1.165, 1.54) is 21.3 Å². The van der Waals surface area contributed by atoms with E-state index in [0.29, 0.717) is 0 Å². The monoisotopic (exact) mass is 160 g/mol. The molecule has 11 heavy (non-hydrogen) atoms. The molecule has 0 aromatic rings. The van der Waals surface area contributed by atoms with Crippen molar-refractivity contribution in [3.8, 4) is 0 Å². The molecule has 0 amide bonds. The van der Waals surface area contributed by atoms with Gasteiger partial charge in [-0.15, -0.1) is 0 Å². The van der Waals surface area contributed by atoms with Gasteiger partial charge in [-0.2, -0.15) is 0 Å². The summed E-state index contributed by atoms with van der Waals surface area (Å²) in [5.41, 5.74) is 0.150. The molecular weight excluding hydrogens is 148 g/mol. The van der Waals surface area contributed by atoms with Gasteiger partial charge in [-0.3, -0.25) is 0 Å². The summed E-state index contributed by atoms with van der Waals surface area (Å²) in [6.45, 7) is 3.44. The number of hydrogen-bond donors (Lipinski definition) is 0. The van der Waals surface area contributed by atoms with Crippen LogP contribution in [0.1, 0.15) is 0 Å². The van der Waals surface area contributed by atoms with Crippen molar-refractivity contribution >= 4 is 5.97 Å². The average Bonchev–Trinajstić information content (AvgIpc) is 2.05. The SMILES string of the molecule is C=C(C(=O)OC)C(OC)OC. The van der Waals surface area contributed by atoms with Gasteiger partial charge >= 0.3 is 5.97 Å². The highest BCUT2D eigenvalue weighted by atomic mass is 16.7. The summed E-state index contributed by atoms with van der Waals surface area (Å²) in [5.74, 6) is -0.529. The number of methoxy groups -OCH3 is 3. The minimum atomic E-state index is -0.720. The molecule has 0 aromatic heterocycles. The van der Waals surface area contributed by atoms with Crippen molar-refractivity contribution in [2.75, 3.05) is 21.3 Å². The molecule has 0 fully saturated rings. The van der Waals surface area contributed by atoms with Gasteiger partial charge in [0.1, 0.15) is 0 Å². The van der Waals surface area contributed by atoms with E-state index in [1.54, 1.807) is 0 Å². The summed E-state index contributed by atoms with van der Waals surface area (Å²) in [4.78, 5) is 10.8. The molecule has 64 valence electrons. The van der Waals surface area contributed by atoms with Crippen LogP contribution < -0.4 is 0 Å². The molecule has 0 aliphatic heterocycles. The Bertz CT molecular complexity index is 149. The first-order valence-electron chi connectivity index (χ1n) is 3.00. The van der Waals surface area contributed by atoms with Gasteiger partial charge in [0, 0.05) is 14.2 Å². The van der Waals surface area contributed by atoms with Gasteiger partial charge < -0.3 is 14.2 Å². The number of ether oxygens (including phenoxy) is 3. The van der Waals surface area contributed by atoms with Crippen LogP contribution in [-0.4, -0.2) is 33.6 Å². The van der Waals surface area contributed by atoms with Gasteiger partial charge in [-0.1, -0.05) is 6.58 Å². The van der Waals surface area contributed by atoms with Crippen LogP contribution in [-0.2, 0) is 19.0 Å². The number of rotatable bonds is 4. The molecule has 0 unspecified atom stereocenters. The van der Waals surface area contributed by atoms with Crippen LogP contribution in [0.5, 0.6) is 0 Å². The lowest BCUT2D eigenvalue weighted by Gasteiger charge is -2.13. The standard InChI is InChI=1S/C7H12O4/c1-5(6(8)9-2)7(10-3)11-4/h7H,1H2,2-4H3. The molecule has 0 bridgehead atoms. The van der Waals surface area contributed by atoms with E-state index in [4.69, 9.17) is 9.47 Å². The Hall–Kier alpha value is -0.870. The molecule has 0 saturated heterocycles. The van der Waals surface area contributed by atoms with E-state index in [1.807, 2.05) is 0 Å². The fourth-order valence-corrected chi connectivity index (χ4v) is 0.608. The maximum absolute atomic E-state index is 10.8. The van der Waals surface area contributed by atoms with Crippen LogP contribution in [0.25, 0.3) is 0 Å². The highest BCUT2D eigenvalue weighted by Crippen LogP contribution is 2.05. The molecule has 0 aromatic carbocycles. The summed E-state index contributed by atoms with van der Waals surface area (Å²) in [6.07, 6.45) is -0.720. The van der Waals surface area contributed by atoms with Gasteiger partial charge in [0.2, 0.25) is 0 Å². The Labute approximate surface area is 65.7 Å². The first kappa shape index (κ1) is 10.1. The van der Waals surface area contributed by atoms with E-state index >= 15 is 0 Å². The van der Waals surface area contributed by atoms with Crippen molar-refractivity contribution in [2.45, 2.75) is 6.29 Å². The second-order valence-electron chi connectivity index (χ2n) is 1.82. The molecule has 0 N–H and O–H groups in total. The summed E-state index contributed by atoms with van der Waals surface area (Å²) >= 11 is 0. The second kappa shape index (κ2) is 4.87. The zero-order valence-corrected chi connectivity index (χ0v) is 6.92. The van der Waals surface area contributed by atoms with Crippen LogP contribution >= 0.6 is 0 Å². The van der Waals surface area contributed by atoms with Crippen molar-refractivity contribution in [1.82, 2.24) is 0 Å². The van der Waals surface area contributed by atoms with Crippen LogP contribution in [0.3, 0.4) is 0 Å². The minimum Gasteiger partial charge on any atom is -0.466 e. The van der Waals surface area contributed by atoms with Crippen molar-refractivity contribution < 1.29 is 19.0 Å². The smallest absolute Gasteiger partial charge is 0.338 e. The Balaban J connectivity index is 4.09. The molecule has 4 heteroatoms. The molecule has 4 nitrogen and oxygen atoms in total. The zero-order chi connectivity index (χ0) is 8.85. The third-order valence-corrected chi connectivity index (χ3v) is 1.16. The molecule has 0 aliphatic carbocycles. The molecule has 0 saturated carbocycles. The predicted octanol–water partition coefficient (Wildman–Crippen LogP) is 0.334. The van der Waals surface area contributed by atoms with Gasteiger partial charge in [0.15, 0.2) is 6.29 Å². The van der Waals surface area contributed by atoms with Gasteiger partial charge in [-0.05, 0) is 0 Å². The largest absolute Gasteiger partial charge is 0.466 e. The fraction of sp³-hybridized carbons (Fsp3) is 0.571. The molecular formula is C7H12O4. The summed E-state index contributed by atoms with van der Waals surface area (Å²) in [7, 11) is 4.11. The summed E-state index contributed by atoms with van der Waals surface area (Å²) in [5, 5.41) is 0. The molecule has 0 radical (unpaired) electrons. The van der Waals surface area contributed by atoms with E-state index in [2.05, 4.69) is 11.3 Å². The highest BCUT2D eigenvalue weighted by molar-refractivity contribution is 5.88. The van der Waals surface area contributed by atoms with E-state index in [0.717, 1.165) is 0 Å². The predicted molar refractivity (Wildman–Crippen MR) is 39.0 cm³/mol. The maximum Gasteiger partial charge on any atom is 0.338 e. The van der Waals surface area contributed by atoms with Crippen LogP contribution in [0.15, 0.2) is 12.2 Å². The average molecular weight is 160 g/mol. The van der Waals surface area contributed by atoms with Crippen molar-refractivity contribution in [2.24, 2.45) is 0 Å².